The quantitative estimate of drug-likeness (QED) is 0.555. The van der Waals surface area contributed by atoms with Crippen LogP contribution in [0.15, 0.2) is 0 Å². The van der Waals surface area contributed by atoms with Crippen LogP contribution in [0.3, 0.4) is 0 Å². The maximum absolute atomic E-state index is 3.32. The lowest BCUT2D eigenvalue weighted by molar-refractivity contribution is 0.268. The fourth-order valence-electron chi connectivity index (χ4n) is 1.16. The summed E-state index contributed by atoms with van der Waals surface area (Å²) in [5.41, 5.74) is 0. The van der Waals surface area contributed by atoms with E-state index in [1.807, 2.05) is 0 Å². The lowest BCUT2D eigenvalue weighted by Crippen LogP contribution is -2.43. The molecule has 0 aromatic carbocycles. The average Bonchev–Trinajstić information content (AvgIpc) is 2.07. The fourth-order valence-corrected chi connectivity index (χ4v) is 1.16. The van der Waals surface area contributed by atoms with E-state index in [4.69, 9.17) is 0 Å². The van der Waals surface area contributed by atoms with Gasteiger partial charge in [-0.25, -0.2) is 0 Å². The molecule has 1 aliphatic rings. The van der Waals surface area contributed by atoms with Gasteiger partial charge in [-0.1, -0.05) is 12.8 Å². The molecule has 0 bridgehead atoms. The molecule has 1 fully saturated rings. The molecule has 11 heavy (non-hydrogen) atoms. The van der Waals surface area contributed by atoms with Crippen LogP contribution in [0.4, 0.5) is 0 Å². The lowest BCUT2D eigenvalue weighted by Gasteiger charge is -2.24. The molecule has 64 valence electrons. The summed E-state index contributed by atoms with van der Waals surface area (Å²) >= 11 is 0. The summed E-state index contributed by atoms with van der Waals surface area (Å²) in [5.74, 6) is 6.24. The lowest BCUT2D eigenvalue weighted by atomic mass is 10.3. The van der Waals surface area contributed by atoms with Crippen molar-refractivity contribution >= 4 is 0 Å². The van der Waals surface area contributed by atoms with Crippen molar-refractivity contribution in [3.05, 3.63) is 0 Å². The number of hydrogen-bond acceptors (Lipinski definition) is 2. The summed E-state index contributed by atoms with van der Waals surface area (Å²) in [7, 11) is 0. The molecule has 0 unspecified atom stereocenters. The minimum absolute atomic E-state index is 0. The van der Waals surface area contributed by atoms with Gasteiger partial charge in [0, 0.05) is 34.0 Å². The van der Waals surface area contributed by atoms with Crippen LogP contribution in [0.1, 0.15) is 14.8 Å². The van der Waals surface area contributed by atoms with Gasteiger partial charge in [-0.15, -0.1) is 5.92 Å². The van der Waals surface area contributed by atoms with Crippen molar-refractivity contribution in [2.24, 2.45) is 0 Å². The minimum Gasteiger partial charge on any atom is -0.314 e. The molecular formula is C9H18N2. The van der Waals surface area contributed by atoms with E-state index in [1.54, 1.807) is 0 Å². The molecule has 0 aromatic heterocycles. The van der Waals surface area contributed by atoms with Crippen LogP contribution in [0.5, 0.6) is 0 Å². The van der Waals surface area contributed by atoms with Gasteiger partial charge in [0.05, 0.1) is 6.54 Å². The standard InChI is InChI=1S/C9H16N2.H2/c1-2-3-4-7-11-8-5-10-6-9-11;/h10H,2,5-9H2,1H3;1H. The SMILES string of the molecule is CCC#CCN1CCNCC1.[HH]. The van der Waals surface area contributed by atoms with E-state index in [1.165, 1.54) is 0 Å². The van der Waals surface area contributed by atoms with Crippen molar-refractivity contribution in [3.8, 4) is 11.8 Å². The highest BCUT2D eigenvalue weighted by Crippen LogP contribution is 1.89. The third-order valence-corrected chi connectivity index (χ3v) is 1.81. The largest absolute Gasteiger partial charge is 0.314 e. The van der Waals surface area contributed by atoms with Gasteiger partial charge in [0.25, 0.3) is 0 Å². The van der Waals surface area contributed by atoms with Crippen LogP contribution in [-0.2, 0) is 0 Å². The Kier molecular flexibility index (Phi) is 4.03. The monoisotopic (exact) mass is 154 g/mol. The highest BCUT2D eigenvalue weighted by atomic mass is 15.2. The number of nitrogens with one attached hydrogen (secondary N) is 1. The number of hydrogen-bond donors (Lipinski definition) is 1. The Balaban J connectivity index is 0.00000121. The predicted octanol–water partition coefficient (Wildman–Crippen LogP) is 0.551. The Bertz CT molecular complexity index is 154. The second-order valence-corrected chi connectivity index (χ2v) is 2.73. The summed E-state index contributed by atoms with van der Waals surface area (Å²) in [6, 6.07) is 0. The van der Waals surface area contributed by atoms with Crippen molar-refractivity contribution in [2.75, 3.05) is 32.7 Å². The molecule has 1 heterocycles. The van der Waals surface area contributed by atoms with Gasteiger partial charge in [-0.2, -0.15) is 0 Å². The van der Waals surface area contributed by atoms with Gasteiger partial charge in [0.1, 0.15) is 0 Å². The third kappa shape index (κ3) is 3.41. The summed E-state index contributed by atoms with van der Waals surface area (Å²) in [4.78, 5) is 2.39. The van der Waals surface area contributed by atoms with E-state index < -0.39 is 0 Å². The van der Waals surface area contributed by atoms with E-state index in [-0.39, 0.29) is 1.43 Å². The highest BCUT2D eigenvalue weighted by Gasteiger charge is 2.06. The summed E-state index contributed by atoms with van der Waals surface area (Å²) in [5, 5.41) is 3.32. The van der Waals surface area contributed by atoms with Gasteiger partial charge in [-0.05, 0) is 0 Å². The molecule has 1 saturated heterocycles. The van der Waals surface area contributed by atoms with Crippen molar-refractivity contribution in [2.45, 2.75) is 13.3 Å². The molecule has 0 aliphatic carbocycles. The average molecular weight is 154 g/mol. The highest BCUT2D eigenvalue weighted by molar-refractivity contribution is 5.00. The minimum atomic E-state index is 0. The first-order valence-corrected chi connectivity index (χ1v) is 4.32. The predicted molar refractivity (Wildman–Crippen MR) is 49.5 cm³/mol. The Hall–Kier alpha value is -0.520. The first-order chi connectivity index (χ1) is 5.43. The first kappa shape index (κ1) is 8.58. The zero-order valence-electron chi connectivity index (χ0n) is 7.19. The van der Waals surface area contributed by atoms with E-state index in [0.717, 1.165) is 39.1 Å². The van der Waals surface area contributed by atoms with Crippen LogP contribution in [-0.4, -0.2) is 37.6 Å². The van der Waals surface area contributed by atoms with Crippen molar-refractivity contribution in [1.29, 1.82) is 0 Å². The smallest absolute Gasteiger partial charge is 0.0602 e. The maximum atomic E-state index is 3.32. The summed E-state index contributed by atoms with van der Waals surface area (Å²) in [6.45, 7) is 7.58. The van der Waals surface area contributed by atoms with Gasteiger partial charge in [-0.3, -0.25) is 4.90 Å². The molecule has 2 nitrogen and oxygen atoms in total. The zero-order valence-corrected chi connectivity index (χ0v) is 7.19. The Morgan fingerprint density at radius 3 is 2.73 bits per heavy atom. The van der Waals surface area contributed by atoms with Crippen molar-refractivity contribution < 1.29 is 1.43 Å². The molecule has 0 aromatic rings. The molecule has 1 aliphatic heterocycles. The molecule has 1 rings (SSSR count). The Labute approximate surface area is 70.4 Å². The van der Waals surface area contributed by atoms with Crippen LogP contribution in [0.2, 0.25) is 0 Å². The number of nitrogens with zero attached hydrogens (tertiary/aromatic N) is 1. The van der Waals surface area contributed by atoms with E-state index >= 15 is 0 Å². The van der Waals surface area contributed by atoms with E-state index in [9.17, 15) is 0 Å². The molecular weight excluding hydrogens is 136 g/mol. The van der Waals surface area contributed by atoms with Crippen molar-refractivity contribution in [3.63, 3.8) is 0 Å². The molecule has 1 N–H and O–H groups in total. The molecule has 0 atom stereocenters. The summed E-state index contributed by atoms with van der Waals surface area (Å²) < 4.78 is 0. The van der Waals surface area contributed by atoms with Gasteiger partial charge in [0.15, 0.2) is 0 Å². The second-order valence-electron chi connectivity index (χ2n) is 2.73. The van der Waals surface area contributed by atoms with Crippen molar-refractivity contribution in [1.82, 2.24) is 10.2 Å². The first-order valence-electron chi connectivity index (χ1n) is 4.32. The molecule has 0 amide bonds. The van der Waals surface area contributed by atoms with Crippen LogP contribution < -0.4 is 5.32 Å². The zero-order chi connectivity index (χ0) is 7.94. The van der Waals surface area contributed by atoms with E-state index in [0.29, 0.717) is 0 Å². The number of rotatable bonds is 1. The second kappa shape index (κ2) is 5.17. The van der Waals surface area contributed by atoms with Gasteiger partial charge in [0.2, 0.25) is 0 Å². The fraction of sp³-hybridized carbons (Fsp3) is 0.778. The van der Waals surface area contributed by atoms with Gasteiger partial charge >= 0.3 is 0 Å². The Morgan fingerprint density at radius 1 is 1.36 bits per heavy atom. The maximum Gasteiger partial charge on any atom is 0.0602 e. The van der Waals surface area contributed by atoms with Crippen LogP contribution >= 0.6 is 0 Å². The van der Waals surface area contributed by atoms with E-state index in [2.05, 4.69) is 29.0 Å². The molecule has 0 spiro atoms. The third-order valence-electron chi connectivity index (χ3n) is 1.81. The molecule has 0 radical (unpaired) electrons. The van der Waals surface area contributed by atoms with Crippen LogP contribution in [0.25, 0.3) is 0 Å². The normalized spacial score (nSPS) is 19.0. The topological polar surface area (TPSA) is 15.3 Å². The van der Waals surface area contributed by atoms with Gasteiger partial charge < -0.3 is 5.32 Å². The summed E-state index contributed by atoms with van der Waals surface area (Å²) in [6.07, 6.45) is 0.978. The molecule has 2 heteroatoms. The van der Waals surface area contributed by atoms with Crippen LogP contribution in [0, 0.1) is 11.8 Å². The molecule has 0 saturated carbocycles. The Morgan fingerprint density at radius 2 is 2.09 bits per heavy atom. The number of piperazine rings is 1.